The Hall–Kier alpha value is -2.79. The van der Waals surface area contributed by atoms with Crippen LogP contribution in [0.5, 0.6) is 0 Å². The molecule has 0 bridgehead atoms. The average molecular weight is 306 g/mol. The lowest BCUT2D eigenvalue weighted by Crippen LogP contribution is -2.14. The number of nitrogens with two attached hydrogens (primary N) is 2. The van der Waals surface area contributed by atoms with E-state index in [1.54, 1.807) is 12.1 Å². The molecule has 10 nitrogen and oxygen atoms in total. The van der Waals surface area contributed by atoms with Crippen molar-refractivity contribution in [2.45, 2.75) is 5.03 Å². The van der Waals surface area contributed by atoms with Crippen molar-refractivity contribution >= 4 is 16.0 Å². The number of nitrogen functional groups attached to an aromatic ring is 1. The first-order chi connectivity index (χ1) is 9.97. The molecule has 0 aliphatic carbocycles. The molecule has 11 heteroatoms. The van der Waals surface area contributed by atoms with Gasteiger partial charge in [0.05, 0.1) is 5.69 Å². The number of anilines is 1. The van der Waals surface area contributed by atoms with Crippen LogP contribution >= 0.6 is 0 Å². The number of nitrogens with one attached hydrogen (secondary N) is 1. The summed E-state index contributed by atoms with van der Waals surface area (Å²) in [5, 5.41) is 18.0. The number of benzene rings is 1. The molecule has 3 rings (SSSR count). The highest BCUT2D eigenvalue weighted by Gasteiger charge is 2.23. The Morgan fingerprint density at radius 1 is 1.19 bits per heavy atom. The fraction of sp³-hybridized carbons (Fsp3) is 0. The second-order valence-corrected chi connectivity index (χ2v) is 5.55. The summed E-state index contributed by atoms with van der Waals surface area (Å²) in [6, 6.07) is 9.02. The quantitative estimate of drug-likeness (QED) is 0.575. The van der Waals surface area contributed by atoms with Crippen molar-refractivity contribution in [1.82, 2.24) is 30.2 Å². The Labute approximate surface area is 118 Å². The molecule has 0 unspecified atom stereocenters. The predicted octanol–water partition coefficient (Wildman–Crippen LogP) is -0.718. The molecule has 3 aromatic rings. The molecule has 1 aromatic carbocycles. The number of H-pyrrole nitrogens is 1. The van der Waals surface area contributed by atoms with Crippen molar-refractivity contribution in [3.63, 3.8) is 0 Å². The number of aromatic nitrogens is 6. The van der Waals surface area contributed by atoms with Crippen molar-refractivity contribution in [2.75, 3.05) is 5.73 Å². The van der Waals surface area contributed by atoms with Crippen molar-refractivity contribution in [3.05, 3.63) is 30.3 Å². The first-order valence-electron chi connectivity index (χ1n) is 5.69. The van der Waals surface area contributed by atoms with Crippen molar-refractivity contribution in [1.29, 1.82) is 0 Å². The summed E-state index contributed by atoms with van der Waals surface area (Å²) < 4.78 is 24.2. The molecule has 0 saturated heterocycles. The number of nitrogens with zero attached hydrogens (tertiary/aromatic N) is 5. The number of primary sulfonamides is 1. The second kappa shape index (κ2) is 4.64. The molecular weight excluding hydrogens is 296 g/mol. The van der Waals surface area contributed by atoms with Crippen LogP contribution < -0.4 is 10.9 Å². The van der Waals surface area contributed by atoms with E-state index < -0.39 is 15.0 Å². The maximum absolute atomic E-state index is 11.4. The van der Waals surface area contributed by atoms with E-state index in [-0.39, 0.29) is 17.5 Å². The SMILES string of the molecule is Nc1nc(-c2[nH]nnc2S(N)(=O)=O)nn1-c1ccccc1. The summed E-state index contributed by atoms with van der Waals surface area (Å²) >= 11 is 0. The molecule has 21 heavy (non-hydrogen) atoms. The van der Waals surface area contributed by atoms with E-state index in [2.05, 4.69) is 25.5 Å². The molecule has 0 aliphatic heterocycles. The highest BCUT2D eigenvalue weighted by Crippen LogP contribution is 2.21. The third-order valence-corrected chi connectivity index (χ3v) is 3.47. The van der Waals surface area contributed by atoms with Crippen LogP contribution in [0.4, 0.5) is 5.95 Å². The standard InChI is InChI=1S/C10H10N8O2S/c11-10-13-8(7-9(15-17-14-7)21(12,19)20)16-18(10)6-4-2-1-3-5-6/h1-5H,(H2,11,13,16)(H2,12,19,20)(H,14,15,17). The van der Waals surface area contributed by atoms with Crippen LogP contribution in [0.2, 0.25) is 0 Å². The van der Waals surface area contributed by atoms with E-state index >= 15 is 0 Å². The smallest absolute Gasteiger partial charge is 0.259 e. The normalized spacial score (nSPS) is 11.7. The van der Waals surface area contributed by atoms with E-state index in [0.717, 1.165) is 0 Å². The third-order valence-electron chi connectivity index (χ3n) is 2.64. The van der Waals surface area contributed by atoms with Gasteiger partial charge in [0, 0.05) is 0 Å². The van der Waals surface area contributed by atoms with Gasteiger partial charge in [0.2, 0.25) is 16.8 Å². The maximum atomic E-state index is 11.4. The van der Waals surface area contributed by atoms with E-state index in [0.29, 0.717) is 5.69 Å². The zero-order valence-electron chi connectivity index (χ0n) is 10.5. The van der Waals surface area contributed by atoms with Crippen LogP contribution in [0.1, 0.15) is 0 Å². The van der Waals surface area contributed by atoms with Gasteiger partial charge in [-0.25, -0.2) is 13.6 Å². The third kappa shape index (κ3) is 2.34. The van der Waals surface area contributed by atoms with E-state index in [9.17, 15) is 8.42 Å². The van der Waals surface area contributed by atoms with Gasteiger partial charge < -0.3 is 5.73 Å². The van der Waals surface area contributed by atoms with E-state index in [1.165, 1.54) is 4.68 Å². The molecule has 0 spiro atoms. The van der Waals surface area contributed by atoms with Crippen LogP contribution in [0.3, 0.4) is 0 Å². The summed E-state index contributed by atoms with van der Waals surface area (Å²) in [5.74, 6) is 0.122. The summed E-state index contributed by atoms with van der Waals surface area (Å²) in [7, 11) is -4.04. The molecule has 2 aromatic heterocycles. The topological polar surface area (TPSA) is 158 Å². The lowest BCUT2D eigenvalue weighted by Gasteiger charge is -2.00. The Kier molecular flexibility index (Phi) is 2.92. The fourth-order valence-electron chi connectivity index (χ4n) is 1.75. The van der Waals surface area contributed by atoms with Gasteiger partial charge >= 0.3 is 0 Å². The summed E-state index contributed by atoms with van der Waals surface area (Å²) in [4.78, 5) is 4.00. The van der Waals surface area contributed by atoms with Gasteiger partial charge in [-0.3, -0.25) is 5.10 Å². The first-order valence-corrected chi connectivity index (χ1v) is 7.23. The molecule has 0 amide bonds. The van der Waals surface area contributed by atoms with Crippen LogP contribution in [0, 0.1) is 0 Å². The number of hydrogen-bond donors (Lipinski definition) is 3. The van der Waals surface area contributed by atoms with Gasteiger partial charge in [-0.15, -0.1) is 10.2 Å². The fourth-order valence-corrected chi connectivity index (χ4v) is 2.33. The Balaban J connectivity index is 2.13. The minimum atomic E-state index is -4.04. The Morgan fingerprint density at radius 2 is 1.90 bits per heavy atom. The van der Waals surface area contributed by atoms with Gasteiger partial charge in [-0.1, -0.05) is 23.4 Å². The lowest BCUT2D eigenvalue weighted by molar-refractivity contribution is 0.594. The van der Waals surface area contributed by atoms with Gasteiger partial charge in [-0.2, -0.15) is 9.67 Å². The van der Waals surface area contributed by atoms with Crippen molar-refractivity contribution in [3.8, 4) is 17.2 Å². The monoisotopic (exact) mass is 306 g/mol. The van der Waals surface area contributed by atoms with Gasteiger partial charge in [0.15, 0.2) is 0 Å². The number of hydrogen-bond acceptors (Lipinski definition) is 7. The number of para-hydroxylation sites is 1. The Morgan fingerprint density at radius 3 is 2.57 bits per heavy atom. The molecule has 5 N–H and O–H groups in total. The molecule has 0 aliphatic rings. The maximum Gasteiger partial charge on any atom is 0.259 e. The van der Waals surface area contributed by atoms with Gasteiger partial charge in [0.1, 0.15) is 5.69 Å². The first kappa shape index (κ1) is 13.2. The highest BCUT2D eigenvalue weighted by atomic mass is 32.2. The van der Waals surface area contributed by atoms with Crippen molar-refractivity contribution < 1.29 is 8.42 Å². The summed E-state index contributed by atoms with van der Waals surface area (Å²) in [6.07, 6.45) is 0. The van der Waals surface area contributed by atoms with E-state index in [1.807, 2.05) is 18.2 Å². The number of sulfonamides is 1. The van der Waals surface area contributed by atoms with Gasteiger partial charge in [0.25, 0.3) is 10.0 Å². The molecule has 2 heterocycles. The minimum absolute atomic E-state index is 0.0149. The zero-order chi connectivity index (χ0) is 15.0. The number of aromatic amines is 1. The lowest BCUT2D eigenvalue weighted by atomic mass is 10.3. The molecular formula is C10H10N8O2S. The second-order valence-electron chi connectivity index (χ2n) is 4.08. The van der Waals surface area contributed by atoms with Crippen molar-refractivity contribution in [2.24, 2.45) is 5.14 Å². The van der Waals surface area contributed by atoms with Crippen LogP contribution in [0.15, 0.2) is 35.4 Å². The largest absolute Gasteiger partial charge is 0.368 e. The highest BCUT2D eigenvalue weighted by molar-refractivity contribution is 7.89. The predicted molar refractivity (Wildman–Crippen MR) is 72.5 cm³/mol. The summed E-state index contributed by atoms with van der Waals surface area (Å²) in [6.45, 7) is 0. The van der Waals surface area contributed by atoms with Crippen LogP contribution in [-0.4, -0.2) is 38.6 Å². The molecule has 108 valence electrons. The number of rotatable bonds is 3. The molecule has 0 fully saturated rings. The Bertz CT molecular complexity index is 883. The van der Waals surface area contributed by atoms with Crippen LogP contribution in [-0.2, 0) is 10.0 Å². The minimum Gasteiger partial charge on any atom is -0.368 e. The summed E-state index contributed by atoms with van der Waals surface area (Å²) in [5.41, 5.74) is 6.46. The average Bonchev–Trinajstić information content (AvgIpc) is 3.05. The molecule has 0 saturated carbocycles. The van der Waals surface area contributed by atoms with Crippen LogP contribution in [0.25, 0.3) is 17.2 Å². The molecule has 0 radical (unpaired) electrons. The zero-order valence-corrected chi connectivity index (χ0v) is 11.3. The van der Waals surface area contributed by atoms with E-state index in [4.69, 9.17) is 10.9 Å². The van der Waals surface area contributed by atoms with Gasteiger partial charge in [-0.05, 0) is 12.1 Å². The molecule has 0 atom stereocenters.